The van der Waals surface area contributed by atoms with Gasteiger partial charge < -0.3 is 5.32 Å². The molecule has 0 aromatic rings. The molecular formula is C7H9INY-. The van der Waals surface area contributed by atoms with Crippen LogP contribution < -0.4 is 5.32 Å². The molecule has 53 valence electrons. The largest absolute Gasteiger partial charge is 0.527 e. The van der Waals surface area contributed by atoms with E-state index in [0.29, 0.717) is 3.92 Å². The second-order valence-electron chi connectivity index (χ2n) is 2.23. The first kappa shape index (κ1) is 11.1. The van der Waals surface area contributed by atoms with E-state index in [-0.39, 0.29) is 32.7 Å². The van der Waals surface area contributed by atoms with E-state index in [1.807, 2.05) is 0 Å². The van der Waals surface area contributed by atoms with Crippen molar-refractivity contribution in [2.45, 2.75) is 17.3 Å². The first-order valence-corrected chi connectivity index (χ1v) is 4.12. The molecule has 0 fully saturated rings. The fraction of sp³-hybridized carbons (Fsp3) is 0.429. The van der Waals surface area contributed by atoms with Gasteiger partial charge in [-0.2, -0.15) is 12.8 Å². The molecule has 1 heterocycles. The summed E-state index contributed by atoms with van der Waals surface area (Å²) in [7, 11) is 0. The number of hydrogen-bond acceptors (Lipinski definition) is 1. The van der Waals surface area contributed by atoms with Crippen LogP contribution in [0.2, 0.25) is 0 Å². The van der Waals surface area contributed by atoms with Gasteiger partial charge >= 0.3 is 0 Å². The van der Waals surface area contributed by atoms with Crippen molar-refractivity contribution in [2.24, 2.45) is 0 Å². The summed E-state index contributed by atoms with van der Waals surface area (Å²) in [5.41, 5.74) is 2.35. The Morgan fingerprint density at radius 2 is 2.40 bits per heavy atom. The third-order valence-electron chi connectivity index (χ3n) is 1.30. The normalized spacial score (nSPS) is 24.4. The maximum atomic E-state index is 3.84. The summed E-state index contributed by atoms with van der Waals surface area (Å²) in [6.45, 7) is 5.91. The zero-order valence-corrected chi connectivity index (χ0v) is 10.9. The molecule has 0 saturated heterocycles. The Hall–Kier alpha value is 1.11. The van der Waals surface area contributed by atoms with Gasteiger partial charge in [0.2, 0.25) is 0 Å². The third-order valence-corrected chi connectivity index (χ3v) is 2.49. The second-order valence-corrected chi connectivity index (χ2v) is 3.73. The number of nitrogens with one attached hydrogen (secondary N) is 1. The summed E-state index contributed by atoms with van der Waals surface area (Å²) < 4.78 is 0.545. The zero-order chi connectivity index (χ0) is 6.85. The Morgan fingerprint density at radius 3 is 2.80 bits per heavy atom. The molecular weight excluding hydrogens is 314 g/mol. The summed E-state index contributed by atoms with van der Waals surface area (Å²) in [5, 5.41) is 2.99. The van der Waals surface area contributed by atoms with E-state index >= 15 is 0 Å². The molecule has 1 aliphatic rings. The van der Waals surface area contributed by atoms with Crippen molar-refractivity contribution in [3.63, 3.8) is 0 Å². The van der Waals surface area contributed by atoms with Gasteiger partial charge in [0.25, 0.3) is 0 Å². The summed E-state index contributed by atoms with van der Waals surface area (Å²) in [5.74, 6) is 0. The first-order valence-electron chi connectivity index (χ1n) is 2.87. The minimum atomic E-state index is 0. The van der Waals surface area contributed by atoms with E-state index in [1.165, 1.54) is 5.57 Å². The van der Waals surface area contributed by atoms with Crippen LogP contribution in [0.3, 0.4) is 0 Å². The minimum absolute atomic E-state index is 0. The van der Waals surface area contributed by atoms with E-state index in [1.54, 1.807) is 0 Å². The Bertz CT molecular complexity index is 165. The molecule has 3 heteroatoms. The minimum Gasteiger partial charge on any atom is -0.527 e. The van der Waals surface area contributed by atoms with Crippen molar-refractivity contribution < 1.29 is 32.7 Å². The predicted molar refractivity (Wildman–Crippen MR) is 47.1 cm³/mol. The topological polar surface area (TPSA) is 12.0 Å². The van der Waals surface area contributed by atoms with Crippen molar-refractivity contribution >= 4 is 22.6 Å². The van der Waals surface area contributed by atoms with Crippen LogP contribution in [0.4, 0.5) is 0 Å². The Kier molecular flexibility index (Phi) is 5.43. The Labute approximate surface area is 101 Å². The maximum absolute atomic E-state index is 3.84. The molecule has 1 aliphatic heterocycles. The average Bonchev–Trinajstić information content (AvgIpc) is 1.80. The van der Waals surface area contributed by atoms with E-state index in [2.05, 4.69) is 47.6 Å². The van der Waals surface area contributed by atoms with Crippen LogP contribution in [0, 0.1) is 6.20 Å². The molecule has 0 spiro atoms. The number of rotatable bonds is 0. The van der Waals surface area contributed by atoms with E-state index < -0.39 is 0 Å². The van der Waals surface area contributed by atoms with Crippen LogP contribution in [-0.4, -0.2) is 3.92 Å². The molecule has 0 aromatic heterocycles. The van der Waals surface area contributed by atoms with Gasteiger partial charge in [0.1, 0.15) is 0 Å². The molecule has 0 amide bonds. The van der Waals surface area contributed by atoms with Crippen LogP contribution in [0.1, 0.15) is 13.3 Å². The molecule has 1 N–H and O–H groups in total. The van der Waals surface area contributed by atoms with Gasteiger partial charge in [0.05, 0.1) is 0 Å². The van der Waals surface area contributed by atoms with Gasteiger partial charge in [-0.25, -0.2) is 0 Å². The van der Waals surface area contributed by atoms with Crippen LogP contribution in [0.5, 0.6) is 0 Å². The standard InChI is InChI=1S/C7H9IN.Y/c1-5-3-7(8)6(2)9-4-5;/h7,9H,2-3H2,1H3;/q-1;. The van der Waals surface area contributed by atoms with Crippen molar-refractivity contribution in [3.8, 4) is 0 Å². The molecule has 1 unspecified atom stereocenters. The van der Waals surface area contributed by atoms with Gasteiger partial charge in [-0.1, -0.05) is 29.5 Å². The van der Waals surface area contributed by atoms with Crippen LogP contribution in [-0.2, 0) is 32.7 Å². The Morgan fingerprint density at radius 1 is 1.80 bits per heavy atom. The van der Waals surface area contributed by atoms with Crippen LogP contribution in [0.25, 0.3) is 0 Å². The maximum Gasteiger partial charge on any atom is 0 e. The van der Waals surface area contributed by atoms with Crippen molar-refractivity contribution in [1.82, 2.24) is 5.32 Å². The predicted octanol–water partition coefficient (Wildman–Crippen LogP) is 2.00. The van der Waals surface area contributed by atoms with Gasteiger partial charge in [-0.3, -0.25) is 0 Å². The van der Waals surface area contributed by atoms with E-state index in [9.17, 15) is 0 Å². The smallest absolute Gasteiger partial charge is 0 e. The summed E-state index contributed by atoms with van der Waals surface area (Å²) in [4.78, 5) is 0. The number of hydrogen-bond donors (Lipinski definition) is 1. The molecule has 1 rings (SSSR count). The number of alkyl halides is 1. The third kappa shape index (κ3) is 3.01. The van der Waals surface area contributed by atoms with Gasteiger partial charge in [0.15, 0.2) is 0 Å². The van der Waals surface area contributed by atoms with Crippen molar-refractivity contribution in [1.29, 1.82) is 0 Å². The van der Waals surface area contributed by atoms with Crippen molar-refractivity contribution in [2.75, 3.05) is 0 Å². The molecule has 1 atom stereocenters. The van der Waals surface area contributed by atoms with Crippen LogP contribution >= 0.6 is 22.6 Å². The monoisotopic (exact) mass is 323 g/mol. The number of allylic oxidation sites excluding steroid dienone is 2. The van der Waals surface area contributed by atoms with E-state index in [4.69, 9.17) is 0 Å². The summed E-state index contributed by atoms with van der Waals surface area (Å²) in [6.07, 6.45) is 4.11. The molecule has 0 bridgehead atoms. The van der Waals surface area contributed by atoms with Crippen molar-refractivity contribution in [3.05, 3.63) is 24.0 Å². The van der Waals surface area contributed by atoms with Gasteiger partial charge in [0, 0.05) is 32.7 Å². The first-order chi connectivity index (χ1) is 4.20. The molecule has 0 aromatic carbocycles. The fourth-order valence-corrected chi connectivity index (χ4v) is 1.52. The quantitative estimate of drug-likeness (QED) is 0.409. The molecule has 1 radical (unpaired) electrons. The van der Waals surface area contributed by atoms with Crippen LogP contribution in [0.15, 0.2) is 17.8 Å². The summed E-state index contributed by atoms with van der Waals surface area (Å²) >= 11 is 2.38. The van der Waals surface area contributed by atoms with Gasteiger partial charge in [-0.15, -0.1) is 11.3 Å². The fourth-order valence-electron chi connectivity index (χ4n) is 0.708. The molecule has 1 nitrogen and oxygen atoms in total. The Balaban J connectivity index is 0.000000810. The molecule has 10 heavy (non-hydrogen) atoms. The zero-order valence-electron chi connectivity index (χ0n) is 5.95. The number of halogens is 1. The molecule has 0 aliphatic carbocycles. The molecule has 0 saturated carbocycles. The summed E-state index contributed by atoms with van der Waals surface area (Å²) in [6, 6.07) is 0. The van der Waals surface area contributed by atoms with Gasteiger partial charge in [-0.05, 0) is 10.3 Å². The SMILES string of the molecule is C=C1N[C-]=C(C)CC1I.[Y]. The van der Waals surface area contributed by atoms with E-state index in [0.717, 1.165) is 12.1 Å². The second kappa shape index (κ2) is 4.88. The average molecular weight is 323 g/mol.